The highest BCUT2D eigenvalue weighted by atomic mass is 16.2. The number of nitrogens with one attached hydrogen (secondary N) is 1. The summed E-state index contributed by atoms with van der Waals surface area (Å²) in [7, 11) is 0. The Morgan fingerprint density at radius 1 is 1.16 bits per heavy atom. The van der Waals surface area contributed by atoms with Gasteiger partial charge >= 0.3 is 0 Å². The Morgan fingerprint density at radius 3 is 2.40 bits per heavy atom. The zero-order valence-corrected chi connectivity index (χ0v) is 15.7. The van der Waals surface area contributed by atoms with Gasteiger partial charge in [-0.1, -0.05) is 0 Å². The van der Waals surface area contributed by atoms with Crippen molar-refractivity contribution < 1.29 is 4.79 Å². The third-order valence-corrected chi connectivity index (χ3v) is 4.24. The standard InChI is InChI=1S/C19H25N5O/c1-11(2)20-16(25)10-23-18-17(12(3)9-13(4)21-18)19(22-23)24-14(5)7-8-15(24)6/h7-9,11H,10H2,1-6H3,(H,20,25). The van der Waals surface area contributed by atoms with E-state index in [0.717, 1.165) is 39.5 Å². The van der Waals surface area contributed by atoms with Gasteiger partial charge in [-0.05, 0) is 65.3 Å². The molecule has 0 spiro atoms. The van der Waals surface area contributed by atoms with Crippen LogP contribution in [0.15, 0.2) is 18.2 Å². The first-order valence-electron chi connectivity index (χ1n) is 8.57. The second-order valence-corrected chi connectivity index (χ2v) is 6.93. The minimum atomic E-state index is -0.0622. The normalized spacial score (nSPS) is 11.5. The van der Waals surface area contributed by atoms with Gasteiger partial charge in [0, 0.05) is 23.1 Å². The van der Waals surface area contributed by atoms with Gasteiger partial charge in [0.25, 0.3) is 0 Å². The molecule has 0 aliphatic heterocycles. The van der Waals surface area contributed by atoms with Crippen LogP contribution in [-0.4, -0.2) is 31.3 Å². The van der Waals surface area contributed by atoms with Gasteiger partial charge in [0.1, 0.15) is 6.54 Å². The predicted molar refractivity (Wildman–Crippen MR) is 99.1 cm³/mol. The molecule has 1 amide bonds. The van der Waals surface area contributed by atoms with Crippen molar-refractivity contribution >= 4 is 16.9 Å². The number of fused-ring (bicyclic) bond motifs is 1. The molecule has 3 aromatic heterocycles. The van der Waals surface area contributed by atoms with Crippen molar-refractivity contribution in [2.24, 2.45) is 0 Å². The Hall–Kier alpha value is -2.63. The van der Waals surface area contributed by atoms with Gasteiger partial charge < -0.3 is 9.88 Å². The van der Waals surface area contributed by atoms with Gasteiger partial charge in [-0.2, -0.15) is 5.10 Å². The van der Waals surface area contributed by atoms with Crippen LogP contribution < -0.4 is 5.32 Å². The van der Waals surface area contributed by atoms with Gasteiger partial charge in [-0.25, -0.2) is 9.67 Å². The average Bonchev–Trinajstić information content (AvgIpc) is 2.99. The largest absolute Gasteiger partial charge is 0.352 e. The van der Waals surface area contributed by atoms with E-state index < -0.39 is 0 Å². The van der Waals surface area contributed by atoms with Gasteiger partial charge in [0.05, 0.1) is 5.39 Å². The summed E-state index contributed by atoms with van der Waals surface area (Å²) in [5.74, 6) is 0.769. The lowest BCUT2D eigenvalue weighted by atomic mass is 10.1. The van der Waals surface area contributed by atoms with E-state index in [1.807, 2.05) is 20.8 Å². The van der Waals surface area contributed by atoms with E-state index in [2.05, 4.69) is 53.8 Å². The lowest BCUT2D eigenvalue weighted by Crippen LogP contribution is -2.33. The van der Waals surface area contributed by atoms with Gasteiger partial charge in [0.15, 0.2) is 11.5 Å². The van der Waals surface area contributed by atoms with Gasteiger partial charge in [-0.3, -0.25) is 4.79 Å². The number of nitrogens with zero attached hydrogens (tertiary/aromatic N) is 4. The molecule has 132 valence electrons. The number of aromatic nitrogens is 4. The number of aryl methyl sites for hydroxylation is 4. The van der Waals surface area contributed by atoms with E-state index >= 15 is 0 Å². The van der Waals surface area contributed by atoms with Crippen LogP contribution >= 0.6 is 0 Å². The second-order valence-electron chi connectivity index (χ2n) is 6.93. The highest BCUT2D eigenvalue weighted by Gasteiger charge is 2.19. The van der Waals surface area contributed by atoms with E-state index in [4.69, 9.17) is 5.10 Å². The lowest BCUT2D eigenvalue weighted by Gasteiger charge is -2.08. The van der Waals surface area contributed by atoms with Crippen LogP contribution in [0.1, 0.15) is 36.5 Å². The van der Waals surface area contributed by atoms with E-state index in [-0.39, 0.29) is 18.5 Å². The summed E-state index contributed by atoms with van der Waals surface area (Å²) in [5, 5.41) is 8.67. The van der Waals surface area contributed by atoms with E-state index in [0.29, 0.717) is 0 Å². The molecule has 0 aliphatic rings. The predicted octanol–water partition coefficient (Wildman–Crippen LogP) is 2.98. The maximum Gasteiger partial charge on any atom is 0.242 e. The third kappa shape index (κ3) is 3.16. The molecule has 3 rings (SSSR count). The molecule has 0 bridgehead atoms. The fraction of sp³-hybridized carbons (Fsp3) is 0.421. The SMILES string of the molecule is Cc1cc(C)c2c(-n3c(C)ccc3C)nn(CC(=O)NC(C)C)c2n1. The Morgan fingerprint density at radius 2 is 1.80 bits per heavy atom. The first-order valence-corrected chi connectivity index (χ1v) is 8.57. The molecule has 0 saturated heterocycles. The number of rotatable bonds is 4. The molecule has 3 heterocycles. The molecule has 0 saturated carbocycles. The number of pyridine rings is 1. The number of carbonyl (C=O) groups excluding carboxylic acids is 1. The van der Waals surface area contributed by atoms with Crippen molar-refractivity contribution in [1.82, 2.24) is 24.6 Å². The van der Waals surface area contributed by atoms with Crippen molar-refractivity contribution in [3.63, 3.8) is 0 Å². The molecular weight excluding hydrogens is 314 g/mol. The highest BCUT2D eigenvalue weighted by Crippen LogP contribution is 2.27. The van der Waals surface area contributed by atoms with Crippen LogP contribution in [0.3, 0.4) is 0 Å². The molecule has 0 aromatic carbocycles. The van der Waals surface area contributed by atoms with E-state index in [1.54, 1.807) is 4.68 Å². The third-order valence-electron chi connectivity index (χ3n) is 4.24. The van der Waals surface area contributed by atoms with Gasteiger partial charge in [-0.15, -0.1) is 0 Å². The summed E-state index contributed by atoms with van der Waals surface area (Å²) in [6.07, 6.45) is 0. The van der Waals surface area contributed by atoms with E-state index in [1.165, 1.54) is 0 Å². The Labute approximate surface area is 147 Å². The summed E-state index contributed by atoms with van der Waals surface area (Å²) in [5.41, 5.74) is 4.99. The number of amides is 1. The molecule has 3 aromatic rings. The van der Waals surface area contributed by atoms with Crippen molar-refractivity contribution in [2.75, 3.05) is 0 Å². The number of carbonyl (C=O) groups is 1. The first kappa shape index (κ1) is 17.2. The fourth-order valence-electron chi connectivity index (χ4n) is 3.26. The maximum atomic E-state index is 12.3. The topological polar surface area (TPSA) is 64.7 Å². The minimum absolute atomic E-state index is 0.0622. The Bertz CT molecular complexity index is 929. The number of hydrogen-bond acceptors (Lipinski definition) is 3. The highest BCUT2D eigenvalue weighted by molar-refractivity contribution is 5.88. The maximum absolute atomic E-state index is 12.3. The quantitative estimate of drug-likeness (QED) is 0.795. The molecular formula is C19H25N5O. The molecule has 6 nitrogen and oxygen atoms in total. The summed E-state index contributed by atoms with van der Waals surface area (Å²) < 4.78 is 3.82. The fourth-order valence-corrected chi connectivity index (χ4v) is 3.26. The molecule has 0 unspecified atom stereocenters. The zero-order chi connectivity index (χ0) is 18.3. The molecule has 0 aliphatic carbocycles. The Kier molecular flexibility index (Phi) is 4.37. The summed E-state index contributed by atoms with van der Waals surface area (Å²) in [4.78, 5) is 16.9. The molecule has 1 N–H and O–H groups in total. The lowest BCUT2D eigenvalue weighted by molar-refractivity contribution is -0.122. The zero-order valence-electron chi connectivity index (χ0n) is 15.7. The van der Waals surface area contributed by atoms with Crippen LogP contribution in [0.5, 0.6) is 0 Å². The Balaban J connectivity index is 2.20. The van der Waals surface area contributed by atoms with Crippen molar-refractivity contribution in [1.29, 1.82) is 0 Å². The van der Waals surface area contributed by atoms with E-state index in [9.17, 15) is 4.79 Å². The monoisotopic (exact) mass is 339 g/mol. The number of hydrogen-bond donors (Lipinski definition) is 1. The van der Waals surface area contributed by atoms with Crippen LogP contribution in [0.2, 0.25) is 0 Å². The summed E-state index contributed by atoms with van der Waals surface area (Å²) >= 11 is 0. The summed E-state index contributed by atoms with van der Waals surface area (Å²) in [6, 6.07) is 6.30. The van der Waals surface area contributed by atoms with Crippen molar-refractivity contribution in [2.45, 2.75) is 54.1 Å². The van der Waals surface area contributed by atoms with Gasteiger partial charge in [0.2, 0.25) is 5.91 Å². The minimum Gasteiger partial charge on any atom is -0.352 e. The second kappa shape index (κ2) is 6.35. The summed E-state index contributed by atoms with van der Waals surface area (Å²) in [6.45, 7) is 12.2. The first-order chi connectivity index (χ1) is 11.8. The average molecular weight is 339 g/mol. The van der Waals surface area contributed by atoms with Crippen LogP contribution in [0.4, 0.5) is 0 Å². The molecule has 0 fully saturated rings. The smallest absolute Gasteiger partial charge is 0.242 e. The van der Waals surface area contributed by atoms with Crippen molar-refractivity contribution in [3.8, 4) is 5.82 Å². The molecule has 0 atom stereocenters. The molecule has 6 heteroatoms. The molecule has 0 radical (unpaired) electrons. The van der Waals surface area contributed by atoms with Crippen LogP contribution in [0, 0.1) is 27.7 Å². The van der Waals surface area contributed by atoms with Crippen LogP contribution in [0.25, 0.3) is 16.9 Å². The molecule has 25 heavy (non-hydrogen) atoms. The van der Waals surface area contributed by atoms with Crippen LogP contribution in [-0.2, 0) is 11.3 Å². The van der Waals surface area contributed by atoms with Crippen molar-refractivity contribution in [3.05, 3.63) is 40.8 Å².